The molecule has 1 N–H and O–H groups in total. The lowest BCUT2D eigenvalue weighted by atomic mass is 10.00. The lowest BCUT2D eigenvalue weighted by Crippen LogP contribution is -2.54. The molecule has 0 aromatic heterocycles. The third-order valence-corrected chi connectivity index (χ3v) is 7.68. The number of aryl methyl sites for hydroxylation is 1. The first-order valence-corrected chi connectivity index (χ1v) is 15.4. The summed E-state index contributed by atoms with van der Waals surface area (Å²) in [5, 5.41) is 3.06. The molecule has 7 nitrogen and oxygen atoms in total. The van der Waals surface area contributed by atoms with Crippen LogP contribution in [-0.2, 0) is 32.6 Å². The molecule has 1 atom stereocenters. The van der Waals surface area contributed by atoms with E-state index in [9.17, 15) is 18.0 Å². The number of carbonyl (C=O) groups excluding carboxylic acids is 2. The Balaban J connectivity index is 1.89. The summed E-state index contributed by atoms with van der Waals surface area (Å²) in [5.41, 5.74) is 2.83. The Morgan fingerprint density at radius 3 is 1.95 bits per heavy atom. The molecular formula is C32H41N3O4S. The van der Waals surface area contributed by atoms with Gasteiger partial charge in [-0.05, 0) is 56.9 Å². The van der Waals surface area contributed by atoms with Crippen molar-refractivity contribution >= 4 is 27.5 Å². The summed E-state index contributed by atoms with van der Waals surface area (Å²) >= 11 is 0. The number of hydrogen-bond donors (Lipinski definition) is 1. The first kappa shape index (κ1) is 30.9. The van der Waals surface area contributed by atoms with Crippen LogP contribution in [-0.4, -0.2) is 49.5 Å². The number of carbonyl (C=O) groups is 2. The van der Waals surface area contributed by atoms with Gasteiger partial charge in [0.2, 0.25) is 21.8 Å². The average Bonchev–Trinajstić information content (AvgIpc) is 2.88. The van der Waals surface area contributed by atoms with Crippen molar-refractivity contribution in [3.8, 4) is 0 Å². The van der Waals surface area contributed by atoms with Gasteiger partial charge in [0.05, 0.1) is 11.9 Å². The summed E-state index contributed by atoms with van der Waals surface area (Å²) in [7, 11) is -3.55. The van der Waals surface area contributed by atoms with E-state index in [1.54, 1.807) is 17.0 Å². The summed E-state index contributed by atoms with van der Waals surface area (Å²) in [6.45, 7) is 8.04. The number of para-hydroxylation sites is 1. The quantitative estimate of drug-likeness (QED) is 0.332. The third kappa shape index (κ3) is 9.23. The summed E-state index contributed by atoms with van der Waals surface area (Å²) < 4.78 is 26.6. The van der Waals surface area contributed by atoms with Crippen LogP contribution in [0.4, 0.5) is 5.69 Å². The lowest BCUT2D eigenvalue weighted by molar-refractivity contribution is -0.142. The van der Waals surface area contributed by atoms with Crippen molar-refractivity contribution in [2.24, 2.45) is 0 Å². The van der Waals surface area contributed by atoms with E-state index in [1.165, 1.54) is 10.6 Å². The zero-order valence-electron chi connectivity index (χ0n) is 24.1. The van der Waals surface area contributed by atoms with Crippen molar-refractivity contribution in [3.63, 3.8) is 0 Å². The molecule has 0 saturated heterocycles. The Hall–Kier alpha value is -3.65. The van der Waals surface area contributed by atoms with Crippen LogP contribution in [0.5, 0.6) is 0 Å². The smallest absolute Gasteiger partial charge is 0.243 e. The summed E-state index contributed by atoms with van der Waals surface area (Å²) in [5.74, 6) is -0.426. The molecule has 0 aliphatic carbocycles. The van der Waals surface area contributed by atoms with Crippen molar-refractivity contribution in [1.82, 2.24) is 10.2 Å². The fourth-order valence-corrected chi connectivity index (χ4v) is 5.64. The summed E-state index contributed by atoms with van der Waals surface area (Å²) in [4.78, 5) is 29.1. The normalized spacial score (nSPS) is 12.4. The van der Waals surface area contributed by atoms with Gasteiger partial charge in [-0.3, -0.25) is 13.9 Å². The molecule has 0 radical (unpaired) electrons. The minimum Gasteiger partial charge on any atom is -0.350 e. The number of nitrogens with zero attached hydrogens (tertiary/aromatic N) is 2. The Morgan fingerprint density at radius 1 is 0.850 bits per heavy atom. The van der Waals surface area contributed by atoms with E-state index < -0.39 is 21.6 Å². The minimum absolute atomic E-state index is 0.0961. The largest absolute Gasteiger partial charge is 0.350 e. The fraction of sp³-hybridized carbons (Fsp3) is 0.375. The molecule has 3 aromatic rings. The molecule has 2 amide bonds. The lowest BCUT2D eigenvalue weighted by Gasteiger charge is -2.34. The first-order chi connectivity index (χ1) is 18.8. The number of nitrogens with one attached hydrogen (secondary N) is 1. The number of sulfonamides is 1. The topological polar surface area (TPSA) is 86.8 Å². The van der Waals surface area contributed by atoms with Gasteiger partial charge in [0.25, 0.3) is 0 Å². The van der Waals surface area contributed by atoms with Crippen LogP contribution in [0.2, 0.25) is 0 Å². The molecule has 0 heterocycles. The molecule has 40 heavy (non-hydrogen) atoms. The van der Waals surface area contributed by atoms with E-state index in [2.05, 4.69) is 5.32 Å². The SMILES string of the molecule is Cc1ccccc1N(CCCC(=O)N(Cc1ccccc1)C(Cc1ccccc1)C(=O)NC(C)(C)C)S(C)(=O)=O. The zero-order valence-corrected chi connectivity index (χ0v) is 24.9. The van der Waals surface area contributed by atoms with Gasteiger partial charge in [0.1, 0.15) is 6.04 Å². The fourth-order valence-electron chi connectivity index (χ4n) is 4.61. The molecule has 214 valence electrons. The maximum atomic E-state index is 13.9. The molecule has 0 saturated carbocycles. The second-order valence-corrected chi connectivity index (χ2v) is 13.1. The van der Waals surface area contributed by atoms with Gasteiger partial charge in [0.15, 0.2) is 0 Å². The zero-order chi connectivity index (χ0) is 29.3. The highest BCUT2D eigenvalue weighted by atomic mass is 32.2. The predicted octanol–water partition coefficient (Wildman–Crippen LogP) is 5.10. The molecular weight excluding hydrogens is 522 g/mol. The Kier molecular flexibility index (Phi) is 10.5. The Labute approximate surface area is 239 Å². The molecule has 3 rings (SSSR count). The van der Waals surface area contributed by atoms with E-state index in [0.717, 1.165) is 16.7 Å². The molecule has 3 aromatic carbocycles. The van der Waals surface area contributed by atoms with Gasteiger partial charge in [-0.25, -0.2) is 8.42 Å². The van der Waals surface area contributed by atoms with Gasteiger partial charge < -0.3 is 10.2 Å². The maximum absolute atomic E-state index is 13.9. The molecule has 0 aliphatic heterocycles. The highest BCUT2D eigenvalue weighted by Crippen LogP contribution is 2.23. The molecule has 0 bridgehead atoms. The number of anilines is 1. The average molecular weight is 564 g/mol. The van der Waals surface area contributed by atoms with E-state index in [-0.39, 0.29) is 31.3 Å². The van der Waals surface area contributed by atoms with Gasteiger partial charge in [-0.15, -0.1) is 0 Å². The van der Waals surface area contributed by atoms with Crippen LogP contribution in [0.15, 0.2) is 84.9 Å². The number of amides is 2. The number of hydrogen-bond acceptors (Lipinski definition) is 4. The van der Waals surface area contributed by atoms with Gasteiger partial charge >= 0.3 is 0 Å². The van der Waals surface area contributed by atoms with Crippen LogP contribution < -0.4 is 9.62 Å². The van der Waals surface area contributed by atoms with Gasteiger partial charge in [0, 0.05) is 31.5 Å². The highest BCUT2D eigenvalue weighted by Gasteiger charge is 2.32. The monoisotopic (exact) mass is 563 g/mol. The van der Waals surface area contributed by atoms with Gasteiger partial charge in [-0.2, -0.15) is 0 Å². The molecule has 0 aliphatic rings. The Bertz CT molecular complexity index is 1370. The Morgan fingerprint density at radius 2 is 1.40 bits per heavy atom. The predicted molar refractivity (Wildman–Crippen MR) is 161 cm³/mol. The van der Waals surface area contributed by atoms with Crippen LogP contribution in [0.3, 0.4) is 0 Å². The van der Waals surface area contributed by atoms with Crippen LogP contribution in [0, 0.1) is 6.92 Å². The van der Waals surface area contributed by atoms with Crippen LogP contribution in [0.25, 0.3) is 0 Å². The van der Waals surface area contributed by atoms with E-state index in [0.29, 0.717) is 18.5 Å². The first-order valence-electron chi connectivity index (χ1n) is 13.6. The number of benzene rings is 3. The van der Waals surface area contributed by atoms with Gasteiger partial charge in [-0.1, -0.05) is 78.9 Å². The standard InChI is InChI=1S/C32H41N3O4S/c1-25-15-12-13-20-28(25)35(40(5,38)39)22-14-21-30(36)34(24-27-18-10-7-11-19-27)29(31(37)33-32(2,3)4)23-26-16-8-6-9-17-26/h6-13,15-20,29H,14,21-24H2,1-5H3,(H,33,37). The van der Waals surface area contributed by atoms with Crippen molar-refractivity contribution in [2.75, 3.05) is 17.1 Å². The van der Waals surface area contributed by atoms with Crippen molar-refractivity contribution < 1.29 is 18.0 Å². The summed E-state index contributed by atoms with van der Waals surface area (Å²) in [6, 6.07) is 25.8. The molecule has 0 spiro atoms. The van der Waals surface area contributed by atoms with E-state index in [4.69, 9.17) is 0 Å². The van der Waals surface area contributed by atoms with Crippen molar-refractivity contribution in [2.45, 2.75) is 65.1 Å². The second-order valence-electron chi connectivity index (χ2n) is 11.2. The van der Waals surface area contributed by atoms with E-state index in [1.807, 2.05) is 100 Å². The van der Waals surface area contributed by atoms with Crippen LogP contribution >= 0.6 is 0 Å². The number of rotatable bonds is 12. The molecule has 0 fully saturated rings. The molecule has 1 unspecified atom stereocenters. The van der Waals surface area contributed by atoms with Crippen molar-refractivity contribution in [1.29, 1.82) is 0 Å². The highest BCUT2D eigenvalue weighted by molar-refractivity contribution is 7.92. The molecule has 8 heteroatoms. The van der Waals surface area contributed by atoms with Crippen LogP contribution in [0.1, 0.15) is 50.3 Å². The van der Waals surface area contributed by atoms with E-state index >= 15 is 0 Å². The minimum atomic E-state index is -3.55. The third-order valence-electron chi connectivity index (χ3n) is 6.50. The maximum Gasteiger partial charge on any atom is 0.243 e. The van der Waals surface area contributed by atoms with Crippen molar-refractivity contribution in [3.05, 3.63) is 102 Å². The second kappa shape index (κ2) is 13.6. The summed E-state index contributed by atoms with van der Waals surface area (Å²) in [6.07, 6.45) is 1.94.